The quantitative estimate of drug-likeness (QED) is 0.855. The molecule has 0 unspecified atom stereocenters. The minimum Gasteiger partial charge on any atom is -0.478 e. The number of aromatic nitrogens is 1. The number of likely N-dealkylation sites (tertiary alicyclic amines) is 1. The van der Waals surface area contributed by atoms with Gasteiger partial charge in [0.15, 0.2) is 0 Å². The van der Waals surface area contributed by atoms with Crippen LogP contribution in [-0.2, 0) is 0 Å². The van der Waals surface area contributed by atoms with Gasteiger partial charge in [0.1, 0.15) is 6.10 Å². The summed E-state index contributed by atoms with van der Waals surface area (Å²) >= 11 is 0. The molecule has 0 saturated carbocycles. The first-order valence-corrected chi connectivity index (χ1v) is 5.69. The van der Waals surface area contributed by atoms with E-state index in [0.29, 0.717) is 5.88 Å². The summed E-state index contributed by atoms with van der Waals surface area (Å²) in [5.41, 5.74) is 0.181. The number of hydrogen-bond acceptors (Lipinski definition) is 4. The molecule has 0 spiro atoms. The highest BCUT2D eigenvalue weighted by molar-refractivity contribution is 5.87. The predicted molar refractivity (Wildman–Crippen MR) is 62.3 cm³/mol. The van der Waals surface area contributed by atoms with Crippen molar-refractivity contribution < 1.29 is 14.6 Å². The van der Waals surface area contributed by atoms with Crippen LogP contribution in [0.3, 0.4) is 0 Å². The topological polar surface area (TPSA) is 62.7 Å². The summed E-state index contributed by atoms with van der Waals surface area (Å²) in [6, 6.07) is 3.13. The number of nitrogens with zero attached hydrogens (tertiary/aromatic N) is 2. The average molecular weight is 236 g/mol. The molecule has 1 aromatic heterocycles. The Labute approximate surface area is 100 Å². The molecule has 1 aliphatic heterocycles. The van der Waals surface area contributed by atoms with Crippen LogP contribution in [0.5, 0.6) is 5.88 Å². The molecule has 5 heteroatoms. The van der Waals surface area contributed by atoms with Gasteiger partial charge in [-0.3, -0.25) is 0 Å². The van der Waals surface area contributed by atoms with Gasteiger partial charge in [-0.2, -0.15) is 0 Å². The number of carboxylic acids is 1. The minimum atomic E-state index is -0.969. The Morgan fingerprint density at radius 3 is 2.71 bits per heavy atom. The fourth-order valence-electron chi connectivity index (χ4n) is 1.85. The standard InChI is InChI=1S/C12H16N2O3/c1-14-6-4-10(5-7-14)17-11-3-2-9(8-13-11)12(15)16/h2-3,8,10H,4-7H2,1H3,(H,15,16). The number of ether oxygens (including phenoxy) is 1. The van der Waals surface area contributed by atoms with E-state index in [1.165, 1.54) is 12.3 Å². The highest BCUT2D eigenvalue weighted by Crippen LogP contribution is 2.16. The maximum atomic E-state index is 10.7. The molecule has 0 radical (unpaired) electrons. The van der Waals surface area contributed by atoms with Gasteiger partial charge in [-0.1, -0.05) is 0 Å². The summed E-state index contributed by atoms with van der Waals surface area (Å²) < 4.78 is 5.71. The number of rotatable bonds is 3. The summed E-state index contributed by atoms with van der Waals surface area (Å²) in [5.74, 6) is -0.465. The van der Waals surface area contributed by atoms with Gasteiger partial charge in [0, 0.05) is 25.4 Å². The largest absolute Gasteiger partial charge is 0.478 e. The summed E-state index contributed by atoms with van der Waals surface area (Å²) in [5, 5.41) is 8.74. The predicted octanol–water partition coefficient (Wildman–Crippen LogP) is 1.25. The Morgan fingerprint density at radius 1 is 1.47 bits per heavy atom. The molecular formula is C12H16N2O3. The first-order chi connectivity index (χ1) is 8.15. The molecule has 1 N–H and O–H groups in total. The van der Waals surface area contributed by atoms with Crippen LogP contribution in [0.4, 0.5) is 0 Å². The van der Waals surface area contributed by atoms with Crippen LogP contribution in [0.15, 0.2) is 18.3 Å². The van der Waals surface area contributed by atoms with Gasteiger partial charge in [0.25, 0.3) is 0 Å². The van der Waals surface area contributed by atoms with Gasteiger partial charge in [0.05, 0.1) is 5.56 Å². The molecule has 5 nitrogen and oxygen atoms in total. The van der Waals surface area contributed by atoms with Gasteiger partial charge >= 0.3 is 5.97 Å². The molecule has 1 fully saturated rings. The molecule has 2 rings (SSSR count). The Balaban J connectivity index is 1.92. The molecule has 2 heterocycles. The molecule has 17 heavy (non-hydrogen) atoms. The lowest BCUT2D eigenvalue weighted by molar-refractivity contribution is 0.0696. The number of carbonyl (C=O) groups is 1. The highest BCUT2D eigenvalue weighted by atomic mass is 16.5. The second-order valence-corrected chi connectivity index (χ2v) is 4.31. The van der Waals surface area contributed by atoms with Crippen LogP contribution >= 0.6 is 0 Å². The molecule has 0 aromatic carbocycles. The lowest BCUT2D eigenvalue weighted by atomic mass is 10.1. The normalized spacial score (nSPS) is 17.9. The van der Waals surface area contributed by atoms with Crippen molar-refractivity contribution in [1.82, 2.24) is 9.88 Å². The third-order valence-corrected chi connectivity index (χ3v) is 2.94. The number of aromatic carboxylic acids is 1. The molecule has 92 valence electrons. The molecule has 0 bridgehead atoms. The number of hydrogen-bond donors (Lipinski definition) is 1. The molecule has 1 saturated heterocycles. The molecule has 1 aliphatic rings. The van der Waals surface area contributed by atoms with Gasteiger partial charge in [-0.25, -0.2) is 9.78 Å². The van der Waals surface area contributed by atoms with Crippen molar-refractivity contribution in [2.24, 2.45) is 0 Å². The van der Waals surface area contributed by atoms with Gasteiger partial charge in [-0.05, 0) is 26.0 Å². The van der Waals surface area contributed by atoms with E-state index in [0.717, 1.165) is 25.9 Å². The Bertz CT molecular complexity index is 383. The van der Waals surface area contributed by atoms with Crippen LogP contribution in [0, 0.1) is 0 Å². The van der Waals surface area contributed by atoms with Crippen molar-refractivity contribution in [3.8, 4) is 5.88 Å². The van der Waals surface area contributed by atoms with Gasteiger partial charge < -0.3 is 14.7 Å². The summed E-state index contributed by atoms with van der Waals surface area (Å²) in [6.07, 6.45) is 3.49. The first-order valence-electron chi connectivity index (χ1n) is 5.69. The third kappa shape index (κ3) is 3.17. The van der Waals surface area contributed by atoms with Crippen molar-refractivity contribution >= 4 is 5.97 Å². The second kappa shape index (κ2) is 5.14. The zero-order chi connectivity index (χ0) is 12.3. The lowest BCUT2D eigenvalue weighted by Gasteiger charge is -2.28. The maximum Gasteiger partial charge on any atom is 0.337 e. The van der Waals surface area contributed by atoms with Crippen molar-refractivity contribution in [2.75, 3.05) is 20.1 Å². The van der Waals surface area contributed by atoms with Gasteiger partial charge in [0.2, 0.25) is 5.88 Å². The van der Waals surface area contributed by atoms with Crippen LogP contribution in [0.25, 0.3) is 0 Å². The van der Waals surface area contributed by atoms with Crippen molar-refractivity contribution in [2.45, 2.75) is 18.9 Å². The van der Waals surface area contributed by atoms with Gasteiger partial charge in [-0.15, -0.1) is 0 Å². The summed E-state index contributed by atoms with van der Waals surface area (Å²) in [7, 11) is 2.09. The van der Waals surface area contributed by atoms with Crippen LogP contribution in [-0.4, -0.2) is 47.2 Å². The van der Waals surface area contributed by atoms with Crippen molar-refractivity contribution in [1.29, 1.82) is 0 Å². The van der Waals surface area contributed by atoms with Crippen LogP contribution in [0.2, 0.25) is 0 Å². The first kappa shape index (κ1) is 11.9. The lowest BCUT2D eigenvalue weighted by Crippen LogP contribution is -2.35. The van der Waals surface area contributed by atoms with E-state index in [9.17, 15) is 4.79 Å². The second-order valence-electron chi connectivity index (χ2n) is 4.31. The van der Waals surface area contributed by atoms with Crippen LogP contribution < -0.4 is 4.74 Å². The van der Waals surface area contributed by atoms with E-state index >= 15 is 0 Å². The summed E-state index contributed by atoms with van der Waals surface area (Å²) in [6.45, 7) is 2.05. The minimum absolute atomic E-state index is 0.181. The van der Waals surface area contributed by atoms with E-state index in [2.05, 4.69) is 16.9 Å². The molecule has 0 aliphatic carbocycles. The fraction of sp³-hybridized carbons (Fsp3) is 0.500. The molecule has 0 amide bonds. The number of carboxylic acid groups (broad SMARTS) is 1. The molecule has 1 aromatic rings. The Hall–Kier alpha value is -1.62. The van der Waals surface area contributed by atoms with E-state index in [1.54, 1.807) is 6.07 Å². The van der Waals surface area contributed by atoms with E-state index in [1.807, 2.05) is 0 Å². The van der Waals surface area contributed by atoms with E-state index in [4.69, 9.17) is 9.84 Å². The summed E-state index contributed by atoms with van der Waals surface area (Å²) in [4.78, 5) is 16.9. The fourth-order valence-corrected chi connectivity index (χ4v) is 1.85. The third-order valence-electron chi connectivity index (χ3n) is 2.94. The zero-order valence-electron chi connectivity index (χ0n) is 9.80. The van der Waals surface area contributed by atoms with E-state index in [-0.39, 0.29) is 11.7 Å². The SMILES string of the molecule is CN1CCC(Oc2ccc(C(=O)O)cn2)CC1. The average Bonchev–Trinajstić information content (AvgIpc) is 2.33. The van der Waals surface area contributed by atoms with Crippen molar-refractivity contribution in [3.05, 3.63) is 23.9 Å². The zero-order valence-corrected chi connectivity index (χ0v) is 9.80. The van der Waals surface area contributed by atoms with Crippen LogP contribution in [0.1, 0.15) is 23.2 Å². The van der Waals surface area contributed by atoms with E-state index < -0.39 is 5.97 Å². The smallest absolute Gasteiger partial charge is 0.337 e. The maximum absolute atomic E-state index is 10.7. The Morgan fingerprint density at radius 2 is 2.18 bits per heavy atom. The number of piperidine rings is 1. The Kier molecular flexibility index (Phi) is 3.58. The van der Waals surface area contributed by atoms with Crippen molar-refractivity contribution in [3.63, 3.8) is 0 Å². The number of pyridine rings is 1. The highest BCUT2D eigenvalue weighted by Gasteiger charge is 2.18. The molecule has 0 atom stereocenters. The monoisotopic (exact) mass is 236 g/mol. The molecular weight excluding hydrogens is 220 g/mol.